The first kappa shape index (κ1) is 23.7. The Morgan fingerprint density at radius 3 is 2.58 bits per heavy atom. The SMILES string of the molecule is COc1c(Nc2cc(NC(=O)[C@@H]3CC34CC4)ncc2C(=O)NC(O)(O)O)cccc1-c1ncn(C)n1. The summed E-state index contributed by atoms with van der Waals surface area (Å²) in [5, 5.41) is 39.5. The van der Waals surface area contributed by atoms with Gasteiger partial charge in [-0.15, -0.1) is 0 Å². The number of hydrogen-bond acceptors (Lipinski definition) is 10. The lowest BCUT2D eigenvalue weighted by atomic mass is 10.1. The number of carbonyl (C=O) groups is 2. The van der Waals surface area contributed by atoms with E-state index in [0.29, 0.717) is 22.8 Å². The molecule has 1 aromatic carbocycles. The van der Waals surface area contributed by atoms with Crippen molar-refractivity contribution in [3.63, 3.8) is 0 Å². The van der Waals surface area contributed by atoms with E-state index in [0.717, 1.165) is 25.5 Å². The second-order valence-corrected chi connectivity index (χ2v) is 9.07. The molecule has 2 aromatic heterocycles. The number of aliphatic hydroxyl groups is 3. The van der Waals surface area contributed by atoms with Gasteiger partial charge in [-0.1, -0.05) is 6.07 Å². The molecule has 0 aliphatic heterocycles. The number of ether oxygens (including phenoxy) is 1. The Labute approximate surface area is 205 Å². The summed E-state index contributed by atoms with van der Waals surface area (Å²) < 4.78 is 7.15. The van der Waals surface area contributed by atoms with E-state index < -0.39 is 12.0 Å². The minimum atomic E-state index is -3.44. The maximum Gasteiger partial charge on any atom is 0.369 e. The number of anilines is 3. The smallest absolute Gasteiger partial charge is 0.369 e. The number of amides is 2. The molecular formula is C23H25N7O6. The third kappa shape index (κ3) is 4.71. The highest BCUT2D eigenvalue weighted by Crippen LogP contribution is 2.70. The van der Waals surface area contributed by atoms with Gasteiger partial charge in [0.15, 0.2) is 11.6 Å². The molecule has 2 amide bonds. The van der Waals surface area contributed by atoms with Gasteiger partial charge in [-0.2, -0.15) is 5.10 Å². The molecule has 1 atom stereocenters. The van der Waals surface area contributed by atoms with E-state index in [1.54, 1.807) is 41.6 Å². The van der Waals surface area contributed by atoms with E-state index in [1.807, 2.05) is 0 Å². The molecule has 3 aromatic rings. The van der Waals surface area contributed by atoms with E-state index in [4.69, 9.17) is 4.74 Å². The van der Waals surface area contributed by atoms with Crippen molar-refractivity contribution < 1.29 is 29.6 Å². The molecule has 0 radical (unpaired) electrons. The number of carbonyl (C=O) groups excluding carboxylic acids is 2. The molecule has 13 nitrogen and oxygen atoms in total. The van der Waals surface area contributed by atoms with Crippen LogP contribution in [0.1, 0.15) is 29.6 Å². The quantitative estimate of drug-likeness (QED) is 0.243. The van der Waals surface area contributed by atoms with Gasteiger partial charge in [0.05, 0.1) is 29.6 Å². The molecule has 188 valence electrons. The summed E-state index contributed by atoms with van der Waals surface area (Å²) in [4.78, 5) is 33.7. The second kappa shape index (κ2) is 8.55. The van der Waals surface area contributed by atoms with Crippen LogP contribution in [0.4, 0.5) is 17.2 Å². The monoisotopic (exact) mass is 495 g/mol. The van der Waals surface area contributed by atoms with Crippen LogP contribution in [-0.4, -0.2) is 60.1 Å². The number of nitrogens with one attached hydrogen (secondary N) is 3. The van der Waals surface area contributed by atoms with Crippen LogP contribution in [0, 0.1) is 11.3 Å². The van der Waals surface area contributed by atoms with Crippen molar-refractivity contribution in [3.05, 3.63) is 42.4 Å². The molecule has 1 spiro atoms. The molecule has 13 heteroatoms. The predicted molar refractivity (Wildman–Crippen MR) is 126 cm³/mol. The van der Waals surface area contributed by atoms with Gasteiger partial charge in [0.25, 0.3) is 5.91 Å². The van der Waals surface area contributed by atoms with Crippen LogP contribution in [0.3, 0.4) is 0 Å². The fourth-order valence-electron chi connectivity index (χ4n) is 4.31. The zero-order chi connectivity index (χ0) is 25.7. The van der Waals surface area contributed by atoms with E-state index >= 15 is 0 Å². The Morgan fingerprint density at radius 2 is 1.97 bits per heavy atom. The molecule has 2 aliphatic carbocycles. The van der Waals surface area contributed by atoms with Gasteiger partial charge in [0.2, 0.25) is 5.91 Å². The number of pyridine rings is 1. The molecule has 2 fully saturated rings. The molecular weight excluding hydrogens is 470 g/mol. The average Bonchev–Trinajstić information content (AvgIpc) is 3.71. The molecule has 5 rings (SSSR count). The zero-order valence-corrected chi connectivity index (χ0v) is 19.5. The number of aryl methyl sites for hydroxylation is 1. The Kier molecular flexibility index (Phi) is 5.62. The summed E-state index contributed by atoms with van der Waals surface area (Å²) in [5.41, 5.74) is 1.19. The lowest BCUT2D eigenvalue weighted by molar-refractivity contribution is -0.323. The first-order valence-electron chi connectivity index (χ1n) is 11.2. The van der Waals surface area contributed by atoms with Crippen LogP contribution in [0.25, 0.3) is 11.4 Å². The number of methoxy groups -OCH3 is 1. The summed E-state index contributed by atoms with van der Waals surface area (Å²) in [6.45, 7) is 0. The van der Waals surface area contributed by atoms with Gasteiger partial charge in [0.1, 0.15) is 12.1 Å². The topological polar surface area (TPSA) is 184 Å². The number of para-hydroxylation sites is 1. The Morgan fingerprint density at radius 1 is 1.19 bits per heavy atom. The zero-order valence-electron chi connectivity index (χ0n) is 19.5. The van der Waals surface area contributed by atoms with Gasteiger partial charge >= 0.3 is 6.10 Å². The molecule has 6 N–H and O–H groups in total. The van der Waals surface area contributed by atoms with Crippen LogP contribution in [-0.2, 0) is 11.8 Å². The maximum atomic E-state index is 12.6. The lowest BCUT2D eigenvalue weighted by Gasteiger charge is -2.19. The molecule has 2 saturated carbocycles. The summed E-state index contributed by atoms with van der Waals surface area (Å²) in [5.74, 6) is -0.207. The fraction of sp³-hybridized carbons (Fsp3) is 0.348. The molecule has 0 unspecified atom stereocenters. The van der Waals surface area contributed by atoms with Crippen molar-refractivity contribution in [2.24, 2.45) is 18.4 Å². The van der Waals surface area contributed by atoms with E-state index in [9.17, 15) is 24.9 Å². The standard InChI is InChI=1S/C23H25N7O6/c1-30-11-25-19(29-30)12-4-3-5-15(18(12)36-2)26-16-8-17(27-21(32)14-9-22(14)6-7-22)24-10-13(16)20(31)28-23(33,34)35/h3-5,8,10-11,14,33-35H,6-7,9H2,1-2H3,(H,28,31)(H2,24,26,27,32)/t14-/m0/s1. The van der Waals surface area contributed by atoms with Crippen molar-refractivity contribution in [3.8, 4) is 17.1 Å². The molecule has 2 aliphatic rings. The molecule has 0 bridgehead atoms. The summed E-state index contributed by atoms with van der Waals surface area (Å²) >= 11 is 0. The highest BCUT2D eigenvalue weighted by Gasteiger charge is 2.65. The predicted octanol–water partition coefficient (Wildman–Crippen LogP) is 0.686. The van der Waals surface area contributed by atoms with Crippen molar-refractivity contribution >= 4 is 29.0 Å². The number of benzene rings is 1. The highest BCUT2D eigenvalue weighted by atomic mass is 16.7. The maximum absolute atomic E-state index is 12.6. The summed E-state index contributed by atoms with van der Waals surface area (Å²) in [6.07, 6.45) is 2.23. The largest absolute Gasteiger partial charge is 0.494 e. The van der Waals surface area contributed by atoms with Crippen molar-refractivity contribution in [2.45, 2.75) is 25.4 Å². The fourth-order valence-corrected chi connectivity index (χ4v) is 4.31. The minimum Gasteiger partial charge on any atom is -0.494 e. The number of nitrogens with zero attached hydrogens (tertiary/aromatic N) is 4. The third-order valence-corrected chi connectivity index (χ3v) is 6.41. The van der Waals surface area contributed by atoms with E-state index in [2.05, 4.69) is 25.7 Å². The van der Waals surface area contributed by atoms with Crippen molar-refractivity contribution in [1.82, 2.24) is 25.1 Å². The van der Waals surface area contributed by atoms with Crippen molar-refractivity contribution in [2.75, 3.05) is 17.7 Å². The average molecular weight is 495 g/mol. The van der Waals surface area contributed by atoms with E-state index in [-0.39, 0.29) is 34.3 Å². The number of rotatable bonds is 8. The first-order chi connectivity index (χ1) is 17.1. The van der Waals surface area contributed by atoms with Gasteiger partial charge in [-0.05, 0) is 36.8 Å². The molecule has 2 heterocycles. The van der Waals surface area contributed by atoms with Crippen molar-refractivity contribution in [1.29, 1.82) is 0 Å². The third-order valence-electron chi connectivity index (χ3n) is 6.41. The lowest BCUT2D eigenvalue weighted by Crippen LogP contribution is -2.48. The van der Waals surface area contributed by atoms with Crippen LogP contribution in [0.2, 0.25) is 0 Å². The van der Waals surface area contributed by atoms with Crippen LogP contribution < -0.4 is 20.7 Å². The van der Waals surface area contributed by atoms with Gasteiger partial charge in [0, 0.05) is 25.2 Å². The van der Waals surface area contributed by atoms with Crippen LogP contribution >= 0.6 is 0 Å². The van der Waals surface area contributed by atoms with E-state index in [1.165, 1.54) is 13.2 Å². The second-order valence-electron chi connectivity index (χ2n) is 9.07. The number of hydrogen-bond donors (Lipinski definition) is 6. The first-order valence-corrected chi connectivity index (χ1v) is 11.2. The summed E-state index contributed by atoms with van der Waals surface area (Å²) in [7, 11) is 3.21. The minimum absolute atomic E-state index is 0.0416. The van der Waals surface area contributed by atoms with Gasteiger partial charge in [-0.25, -0.2) is 9.97 Å². The van der Waals surface area contributed by atoms with Gasteiger partial charge < -0.3 is 30.7 Å². The Bertz CT molecular complexity index is 1340. The highest BCUT2D eigenvalue weighted by molar-refractivity contribution is 6.02. The normalized spacial score (nSPS) is 17.4. The summed E-state index contributed by atoms with van der Waals surface area (Å²) in [6, 6.07) is 6.64. The number of aromatic nitrogens is 4. The Balaban J connectivity index is 1.48. The van der Waals surface area contributed by atoms with Gasteiger partial charge in [-0.3, -0.25) is 19.6 Å². The molecule has 0 saturated heterocycles. The molecule has 36 heavy (non-hydrogen) atoms. The van der Waals surface area contributed by atoms with Crippen LogP contribution in [0.15, 0.2) is 36.8 Å². The van der Waals surface area contributed by atoms with Crippen LogP contribution in [0.5, 0.6) is 5.75 Å². The Hall–Kier alpha value is -4.07.